The molecule has 9 heteroatoms. The molecule has 1 amide bonds. The average Bonchev–Trinajstić information content (AvgIpc) is 2.82. The van der Waals surface area contributed by atoms with Crippen molar-refractivity contribution in [1.82, 2.24) is 14.6 Å². The SMILES string of the molecule is Cc1cc(C)c(S(=O)(=O)N2CCC(C(=O)NCc3ccc(N4CCOCC4)nc3)CC2)c(C)c1. The highest BCUT2D eigenvalue weighted by atomic mass is 32.2. The van der Waals surface area contributed by atoms with Crippen LogP contribution in [0.2, 0.25) is 0 Å². The zero-order valence-corrected chi connectivity index (χ0v) is 21.0. The number of nitrogens with one attached hydrogen (secondary N) is 1. The molecule has 0 radical (unpaired) electrons. The first-order valence-corrected chi connectivity index (χ1v) is 13.3. The first-order valence-electron chi connectivity index (χ1n) is 11.9. The van der Waals surface area contributed by atoms with Crippen molar-refractivity contribution in [3.63, 3.8) is 0 Å². The molecule has 0 bridgehead atoms. The van der Waals surface area contributed by atoms with Crippen LogP contribution in [-0.2, 0) is 26.1 Å². The van der Waals surface area contributed by atoms with E-state index in [-0.39, 0.29) is 11.8 Å². The Kier molecular flexibility index (Phi) is 7.54. The summed E-state index contributed by atoms with van der Waals surface area (Å²) in [4.78, 5) is 19.8. The third-order valence-electron chi connectivity index (χ3n) is 6.64. The van der Waals surface area contributed by atoms with E-state index < -0.39 is 10.0 Å². The summed E-state index contributed by atoms with van der Waals surface area (Å²) in [7, 11) is -3.58. The molecule has 3 heterocycles. The number of rotatable bonds is 6. The fourth-order valence-corrected chi connectivity index (χ4v) is 6.78. The van der Waals surface area contributed by atoms with Crippen LogP contribution >= 0.6 is 0 Å². The molecule has 2 saturated heterocycles. The highest BCUT2D eigenvalue weighted by Crippen LogP contribution is 2.29. The van der Waals surface area contributed by atoms with Gasteiger partial charge in [-0.15, -0.1) is 0 Å². The van der Waals surface area contributed by atoms with Gasteiger partial charge in [0.1, 0.15) is 5.82 Å². The molecule has 0 unspecified atom stereocenters. The quantitative estimate of drug-likeness (QED) is 0.675. The molecule has 2 aliphatic rings. The molecule has 2 aromatic rings. The number of benzene rings is 1. The standard InChI is InChI=1S/C25H34N4O4S/c1-18-14-19(2)24(20(3)15-18)34(31,32)29-8-6-22(7-9-29)25(30)27-17-21-4-5-23(26-16-21)28-10-12-33-13-11-28/h4-5,14-16,22H,6-13,17H2,1-3H3,(H,27,30). The van der Waals surface area contributed by atoms with Crippen LogP contribution in [-0.4, -0.2) is 63.0 Å². The van der Waals surface area contributed by atoms with Gasteiger partial charge in [0.15, 0.2) is 0 Å². The summed E-state index contributed by atoms with van der Waals surface area (Å²) in [5, 5.41) is 3.00. The van der Waals surface area contributed by atoms with Crippen molar-refractivity contribution in [2.24, 2.45) is 5.92 Å². The zero-order chi connectivity index (χ0) is 24.3. The van der Waals surface area contributed by atoms with Gasteiger partial charge in [0.05, 0.1) is 18.1 Å². The maximum atomic E-state index is 13.3. The van der Waals surface area contributed by atoms with Gasteiger partial charge in [0.2, 0.25) is 15.9 Å². The van der Waals surface area contributed by atoms with Crippen molar-refractivity contribution < 1.29 is 17.9 Å². The second-order valence-electron chi connectivity index (χ2n) is 9.25. The van der Waals surface area contributed by atoms with Crippen LogP contribution in [0.5, 0.6) is 0 Å². The Morgan fingerprint density at radius 2 is 1.71 bits per heavy atom. The number of pyridine rings is 1. The molecule has 1 aromatic heterocycles. The lowest BCUT2D eigenvalue weighted by Gasteiger charge is -2.31. The van der Waals surface area contributed by atoms with E-state index in [9.17, 15) is 13.2 Å². The first-order chi connectivity index (χ1) is 16.3. The van der Waals surface area contributed by atoms with Crippen molar-refractivity contribution in [3.05, 3.63) is 52.7 Å². The van der Waals surface area contributed by atoms with E-state index in [0.29, 0.717) is 50.6 Å². The smallest absolute Gasteiger partial charge is 0.243 e. The van der Waals surface area contributed by atoms with Crippen LogP contribution in [0.3, 0.4) is 0 Å². The number of aryl methyl sites for hydroxylation is 3. The molecular formula is C25H34N4O4S. The molecule has 8 nitrogen and oxygen atoms in total. The third kappa shape index (κ3) is 5.42. The van der Waals surface area contributed by atoms with Crippen LogP contribution in [0.1, 0.15) is 35.1 Å². The Morgan fingerprint density at radius 1 is 1.06 bits per heavy atom. The molecule has 0 saturated carbocycles. The van der Waals surface area contributed by atoms with Crippen LogP contribution in [0.15, 0.2) is 35.4 Å². The minimum absolute atomic E-state index is 0.0306. The van der Waals surface area contributed by atoms with E-state index in [1.807, 2.05) is 45.0 Å². The number of carbonyl (C=O) groups is 1. The second kappa shape index (κ2) is 10.4. The summed E-state index contributed by atoms with van der Waals surface area (Å²) >= 11 is 0. The lowest BCUT2D eigenvalue weighted by Crippen LogP contribution is -2.43. The molecule has 4 rings (SSSR count). The van der Waals surface area contributed by atoms with Gasteiger partial charge in [-0.05, 0) is 56.4 Å². The molecule has 2 fully saturated rings. The van der Waals surface area contributed by atoms with Crippen LogP contribution in [0.4, 0.5) is 5.82 Å². The van der Waals surface area contributed by atoms with Crippen LogP contribution in [0, 0.1) is 26.7 Å². The van der Waals surface area contributed by atoms with Crippen LogP contribution < -0.4 is 10.2 Å². The van der Waals surface area contributed by atoms with Crippen LogP contribution in [0.25, 0.3) is 0 Å². The molecule has 0 spiro atoms. The predicted molar refractivity (Wildman–Crippen MR) is 131 cm³/mol. The predicted octanol–water partition coefficient (Wildman–Crippen LogP) is 2.56. The number of aromatic nitrogens is 1. The summed E-state index contributed by atoms with van der Waals surface area (Å²) in [5.74, 6) is 0.704. The van der Waals surface area contributed by atoms with E-state index in [0.717, 1.165) is 41.2 Å². The number of piperidine rings is 1. The number of anilines is 1. The lowest BCUT2D eigenvalue weighted by atomic mass is 9.97. The zero-order valence-electron chi connectivity index (χ0n) is 20.2. The Labute approximate surface area is 202 Å². The molecule has 0 atom stereocenters. The molecule has 34 heavy (non-hydrogen) atoms. The monoisotopic (exact) mass is 486 g/mol. The van der Waals surface area contributed by atoms with Gasteiger partial charge in [-0.1, -0.05) is 23.8 Å². The highest BCUT2D eigenvalue weighted by molar-refractivity contribution is 7.89. The fourth-order valence-electron chi connectivity index (χ4n) is 4.90. The van der Waals surface area contributed by atoms with Gasteiger partial charge in [0, 0.05) is 44.8 Å². The minimum Gasteiger partial charge on any atom is -0.378 e. The molecule has 184 valence electrons. The van der Waals surface area contributed by atoms with E-state index in [4.69, 9.17) is 4.74 Å². The van der Waals surface area contributed by atoms with E-state index in [1.165, 1.54) is 4.31 Å². The number of nitrogens with zero attached hydrogens (tertiary/aromatic N) is 3. The summed E-state index contributed by atoms with van der Waals surface area (Å²) in [6, 6.07) is 7.77. The maximum absolute atomic E-state index is 13.3. The number of amides is 1. The number of hydrogen-bond acceptors (Lipinski definition) is 6. The topological polar surface area (TPSA) is 91.8 Å². The summed E-state index contributed by atoms with van der Waals surface area (Å²) < 4.78 is 33.5. The first kappa shape index (κ1) is 24.6. The van der Waals surface area contributed by atoms with Crippen molar-refractivity contribution in [2.75, 3.05) is 44.3 Å². The fraction of sp³-hybridized carbons (Fsp3) is 0.520. The van der Waals surface area contributed by atoms with Gasteiger partial charge < -0.3 is 15.0 Å². The Morgan fingerprint density at radius 3 is 2.29 bits per heavy atom. The number of ether oxygens (including phenoxy) is 1. The average molecular weight is 487 g/mol. The second-order valence-corrected chi connectivity index (χ2v) is 11.1. The Bertz CT molecular complexity index is 1100. The summed E-state index contributed by atoms with van der Waals surface area (Å²) in [6.07, 6.45) is 2.83. The lowest BCUT2D eigenvalue weighted by molar-refractivity contribution is -0.126. The van der Waals surface area contributed by atoms with E-state index in [1.54, 1.807) is 6.20 Å². The third-order valence-corrected chi connectivity index (χ3v) is 8.84. The molecule has 0 aliphatic carbocycles. The molecular weight excluding hydrogens is 452 g/mol. The number of hydrogen-bond donors (Lipinski definition) is 1. The van der Waals surface area contributed by atoms with Crippen molar-refractivity contribution in [3.8, 4) is 0 Å². The van der Waals surface area contributed by atoms with Crippen molar-refractivity contribution in [2.45, 2.75) is 45.1 Å². The number of morpholine rings is 1. The van der Waals surface area contributed by atoms with Crippen molar-refractivity contribution >= 4 is 21.7 Å². The normalized spacial score (nSPS) is 18.1. The largest absolute Gasteiger partial charge is 0.378 e. The number of sulfonamides is 1. The number of carbonyl (C=O) groups excluding carboxylic acids is 1. The summed E-state index contributed by atoms with van der Waals surface area (Å²) in [6.45, 7) is 9.86. The van der Waals surface area contributed by atoms with Gasteiger partial charge in [0.25, 0.3) is 0 Å². The van der Waals surface area contributed by atoms with Gasteiger partial charge in [-0.3, -0.25) is 4.79 Å². The highest BCUT2D eigenvalue weighted by Gasteiger charge is 2.33. The molecule has 2 aliphatic heterocycles. The van der Waals surface area contributed by atoms with Crippen molar-refractivity contribution in [1.29, 1.82) is 0 Å². The Balaban J connectivity index is 1.30. The Hall–Kier alpha value is -2.49. The molecule has 1 aromatic carbocycles. The van der Waals surface area contributed by atoms with E-state index in [2.05, 4.69) is 15.2 Å². The van der Waals surface area contributed by atoms with E-state index >= 15 is 0 Å². The van der Waals surface area contributed by atoms with Gasteiger partial charge in [-0.25, -0.2) is 13.4 Å². The molecule has 1 N–H and O–H groups in total. The minimum atomic E-state index is -3.58. The maximum Gasteiger partial charge on any atom is 0.243 e. The van der Waals surface area contributed by atoms with Gasteiger partial charge in [-0.2, -0.15) is 4.31 Å². The van der Waals surface area contributed by atoms with Gasteiger partial charge >= 0.3 is 0 Å². The summed E-state index contributed by atoms with van der Waals surface area (Å²) in [5.41, 5.74) is 3.53.